The van der Waals surface area contributed by atoms with Gasteiger partial charge in [0.1, 0.15) is 5.75 Å². The van der Waals surface area contributed by atoms with Gasteiger partial charge < -0.3 is 9.47 Å². The molecule has 0 atom stereocenters. The van der Waals surface area contributed by atoms with E-state index in [0.717, 1.165) is 38.7 Å². The second kappa shape index (κ2) is 13.7. The first kappa shape index (κ1) is 28.0. The Labute approximate surface area is 213 Å². The fraction of sp³-hybridized carbons (Fsp3) is 0.538. The van der Waals surface area contributed by atoms with E-state index in [1.54, 1.807) is 18.2 Å². The lowest BCUT2D eigenvalue weighted by Crippen LogP contribution is -2.40. The molecule has 9 nitrogen and oxygen atoms in total. The van der Waals surface area contributed by atoms with Crippen molar-refractivity contribution >= 4 is 15.7 Å². The van der Waals surface area contributed by atoms with E-state index in [1.165, 1.54) is 44.3 Å². The second-order valence-electron chi connectivity index (χ2n) is 9.20. The van der Waals surface area contributed by atoms with Crippen molar-refractivity contribution in [2.24, 2.45) is 5.92 Å². The van der Waals surface area contributed by atoms with Gasteiger partial charge in [0.15, 0.2) is 5.03 Å². The summed E-state index contributed by atoms with van der Waals surface area (Å²) in [6.07, 6.45) is 9.19. The molecular formula is C26H37N3O6S. The van der Waals surface area contributed by atoms with E-state index >= 15 is 0 Å². The number of nitrogens with one attached hydrogen (secondary N) is 1. The van der Waals surface area contributed by atoms with Crippen molar-refractivity contribution in [2.75, 3.05) is 13.7 Å². The Hall–Kier alpha value is -2.53. The van der Waals surface area contributed by atoms with Crippen LogP contribution in [0.2, 0.25) is 0 Å². The van der Waals surface area contributed by atoms with E-state index in [2.05, 4.69) is 17.3 Å². The molecule has 10 heteroatoms. The molecule has 2 N–H and O–H groups in total. The first-order valence-electron chi connectivity index (χ1n) is 12.5. The molecule has 1 aromatic heterocycles. The van der Waals surface area contributed by atoms with Crippen LogP contribution in [0.25, 0.3) is 0 Å². The number of methoxy groups -OCH3 is 1. The standard InChI is InChI=1S/C26H37N3O6S/c1-3-4-5-16-35-23-8-6-20(7-9-23)17-25(30)28-29(31)19-21-14-15-27-26(18-21)36(32,33)24-12-10-22(34-2)11-13-24/h10-15,18,20,23,31H,3-9,16-17,19H2,1-2H3,(H,28,30). The predicted octanol–water partition coefficient (Wildman–Crippen LogP) is 4.30. The van der Waals surface area contributed by atoms with Crippen LogP contribution in [0.15, 0.2) is 52.5 Å². The number of carbonyl (C=O) groups excluding carboxylic acids is 1. The molecule has 0 spiro atoms. The first-order valence-corrected chi connectivity index (χ1v) is 14.0. The normalized spacial score (nSPS) is 18.2. The van der Waals surface area contributed by atoms with Crippen molar-refractivity contribution in [3.63, 3.8) is 0 Å². The number of hydroxylamine groups is 1. The number of ether oxygens (including phenoxy) is 2. The smallest absolute Gasteiger partial charge is 0.236 e. The molecule has 198 valence electrons. The topological polar surface area (TPSA) is 118 Å². The quantitative estimate of drug-likeness (QED) is 0.297. The number of unbranched alkanes of at least 4 members (excludes halogenated alkanes) is 2. The summed E-state index contributed by atoms with van der Waals surface area (Å²) < 4.78 is 36.9. The molecule has 1 aliphatic carbocycles. The van der Waals surface area contributed by atoms with Crippen molar-refractivity contribution < 1.29 is 27.9 Å². The number of aromatic nitrogens is 1. The molecule has 0 unspecified atom stereocenters. The summed E-state index contributed by atoms with van der Waals surface area (Å²) in [6.45, 7) is 2.89. The van der Waals surface area contributed by atoms with Gasteiger partial charge in [-0.3, -0.25) is 15.4 Å². The Kier molecular flexibility index (Phi) is 10.7. The molecule has 3 rings (SSSR count). The summed E-state index contributed by atoms with van der Waals surface area (Å²) in [5.74, 6) is 0.534. The number of nitrogens with zero attached hydrogens (tertiary/aromatic N) is 2. The molecule has 2 aromatic rings. The van der Waals surface area contributed by atoms with E-state index in [-0.39, 0.29) is 34.4 Å². The fourth-order valence-corrected chi connectivity index (χ4v) is 5.58. The largest absolute Gasteiger partial charge is 0.497 e. The molecule has 0 saturated heterocycles. The molecule has 0 bridgehead atoms. The summed E-state index contributed by atoms with van der Waals surface area (Å²) in [6, 6.07) is 9.00. The van der Waals surface area contributed by atoms with Gasteiger partial charge in [0, 0.05) is 19.2 Å². The average molecular weight is 520 g/mol. The second-order valence-corrected chi connectivity index (χ2v) is 11.1. The van der Waals surface area contributed by atoms with Gasteiger partial charge >= 0.3 is 0 Å². The van der Waals surface area contributed by atoms with Crippen LogP contribution in [0.1, 0.15) is 63.9 Å². The maximum absolute atomic E-state index is 12.9. The average Bonchev–Trinajstić information content (AvgIpc) is 2.87. The maximum atomic E-state index is 12.9. The summed E-state index contributed by atoms with van der Waals surface area (Å²) in [5, 5.41) is 10.8. The first-order chi connectivity index (χ1) is 17.3. The van der Waals surface area contributed by atoms with Crippen molar-refractivity contribution in [1.29, 1.82) is 0 Å². The van der Waals surface area contributed by atoms with Crippen molar-refractivity contribution in [2.45, 2.75) is 80.9 Å². The lowest BCUT2D eigenvalue weighted by Gasteiger charge is -2.28. The van der Waals surface area contributed by atoms with Crippen LogP contribution in [0, 0.1) is 5.92 Å². The highest BCUT2D eigenvalue weighted by molar-refractivity contribution is 7.91. The van der Waals surface area contributed by atoms with Crippen molar-refractivity contribution in [3.8, 4) is 5.75 Å². The zero-order valence-electron chi connectivity index (χ0n) is 21.1. The third-order valence-corrected chi connectivity index (χ3v) is 8.07. The minimum Gasteiger partial charge on any atom is -0.497 e. The van der Waals surface area contributed by atoms with E-state index < -0.39 is 9.84 Å². The highest BCUT2D eigenvalue weighted by Crippen LogP contribution is 2.29. The minimum atomic E-state index is -3.84. The van der Waals surface area contributed by atoms with Crippen LogP contribution >= 0.6 is 0 Å². The van der Waals surface area contributed by atoms with E-state index in [9.17, 15) is 18.4 Å². The summed E-state index contributed by atoms with van der Waals surface area (Å²) in [4.78, 5) is 16.5. The van der Waals surface area contributed by atoms with Crippen molar-refractivity contribution in [1.82, 2.24) is 15.6 Å². The molecule has 1 aromatic carbocycles. The number of hydrogen-bond acceptors (Lipinski definition) is 8. The Balaban J connectivity index is 1.47. The van der Waals surface area contributed by atoms with Gasteiger partial charge in [-0.1, -0.05) is 24.9 Å². The van der Waals surface area contributed by atoms with Crippen molar-refractivity contribution in [3.05, 3.63) is 48.2 Å². The number of rotatable bonds is 13. The zero-order valence-corrected chi connectivity index (χ0v) is 21.9. The Morgan fingerprint density at radius 1 is 1.14 bits per heavy atom. The van der Waals surface area contributed by atoms with Gasteiger partial charge in [-0.15, -0.1) is 0 Å². The molecule has 1 heterocycles. The number of amides is 1. The summed E-state index contributed by atoms with van der Waals surface area (Å²) in [7, 11) is -2.34. The maximum Gasteiger partial charge on any atom is 0.236 e. The molecule has 1 amide bonds. The summed E-state index contributed by atoms with van der Waals surface area (Å²) >= 11 is 0. The lowest BCUT2D eigenvalue weighted by molar-refractivity contribution is -0.166. The molecule has 0 aliphatic heterocycles. The molecular weight excluding hydrogens is 482 g/mol. The van der Waals surface area contributed by atoms with E-state index in [0.29, 0.717) is 22.9 Å². The highest BCUT2D eigenvalue weighted by Gasteiger charge is 2.24. The fourth-order valence-electron chi connectivity index (χ4n) is 4.34. The van der Waals surface area contributed by atoms with Crippen LogP contribution in [0.3, 0.4) is 0 Å². The van der Waals surface area contributed by atoms with Crippen LogP contribution in [0.5, 0.6) is 5.75 Å². The van der Waals surface area contributed by atoms with E-state index in [1.807, 2.05) is 0 Å². The van der Waals surface area contributed by atoms with Gasteiger partial charge in [-0.2, -0.15) is 0 Å². The van der Waals surface area contributed by atoms with Gasteiger partial charge in [0.2, 0.25) is 15.7 Å². The lowest BCUT2D eigenvalue weighted by atomic mass is 9.85. The number of hydrazine groups is 1. The number of hydrogen-bond donors (Lipinski definition) is 2. The zero-order chi connectivity index (χ0) is 26.0. The highest BCUT2D eigenvalue weighted by atomic mass is 32.2. The third kappa shape index (κ3) is 8.26. The van der Waals surface area contributed by atoms with Crippen LogP contribution < -0.4 is 10.2 Å². The number of pyridine rings is 1. The monoisotopic (exact) mass is 519 g/mol. The van der Waals surface area contributed by atoms with E-state index in [4.69, 9.17) is 9.47 Å². The molecule has 1 saturated carbocycles. The number of sulfone groups is 1. The molecule has 1 aliphatic rings. The molecule has 36 heavy (non-hydrogen) atoms. The van der Waals surface area contributed by atoms with Gasteiger partial charge in [0.05, 0.1) is 24.7 Å². The Bertz CT molecular complexity index is 1070. The Morgan fingerprint density at radius 2 is 1.86 bits per heavy atom. The van der Waals surface area contributed by atoms with Gasteiger partial charge in [-0.25, -0.2) is 13.4 Å². The molecule has 0 radical (unpaired) electrons. The van der Waals surface area contributed by atoms with Crippen LogP contribution in [0.4, 0.5) is 0 Å². The summed E-state index contributed by atoms with van der Waals surface area (Å²) in [5.41, 5.74) is 2.96. The Morgan fingerprint density at radius 3 is 2.53 bits per heavy atom. The van der Waals surface area contributed by atoms with Gasteiger partial charge in [0.25, 0.3) is 0 Å². The number of benzene rings is 1. The van der Waals surface area contributed by atoms with Crippen LogP contribution in [-0.2, 0) is 25.9 Å². The molecule has 1 fully saturated rings. The third-order valence-electron chi connectivity index (χ3n) is 6.40. The van der Waals surface area contributed by atoms with Gasteiger partial charge in [-0.05, 0) is 80.0 Å². The number of carbonyl (C=O) groups is 1. The predicted molar refractivity (Wildman–Crippen MR) is 134 cm³/mol. The van der Waals surface area contributed by atoms with Crippen LogP contribution in [-0.4, -0.2) is 49.5 Å². The SMILES string of the molecule is CCCCCOC1CCC(CC(=O)NN(O)Cc2ccnc(S(=O)(=O)c3ccc(OC)cc3)c2)CC1. The minimum absolute atomic E-state index is 0.0856.